The van der Waals surface area contributed by atoms with E-state index in [1.807, 2.05) is 11.8 Å². The molecule has 2 atom stereocenters. The van der Waals surface area contributed by atoms with E-state index in [4.69, 9.17) is 16.3 Å². The molecule has 0 aromatic heterocycles. The van der Waals surface area contributed by atoms with Crippen LogP contribution in [0.2, 0.25) is 5.02 Å². The van der Waals surface area contributed by atoms with Crippen molar-refractivity contribution in [3.63, 3.8) is 0 Å². The molecule has 2 aromatic carbocycles. The Hall–Kier alpha value is -1.63. The van der Waals surface area contributed by atoms with Crippen molar-refractivity contribution in [2.75, 3.05) is 19.7 Å². The minimum absolute atomic E-state index is 0.0208. The van der Waals surface area contributed by atoms with Crippen LogP contribution >= 0.6 is 27.5 Å². The third kappa shape index (κ3) is 5.25. The SMILES string of the molecule is C[C@@H]1CN(Cc2ccc(F)cc2)[C@@H](C)CN1C(=O)COc1ccc(Br)c(Cl)c1. The van der Waals surface area contributed by atoms with Gasteiger partial charge in [0.1, 0.15) is 11.6 Å². The van der Waals surface area contributed by atoms with Crippen LogP contribution in [0.1, 0.15) is 19.4 Å². The van der Waals surface area contributed by atoms with Gasteiger partial charge in [0.15, 0.2) is 6.61 Å². The van der Waals surface area contributed by atoms with Crippen molar-refractivity contribution in [1.82, 2.24) is 9.80 Å². The lowest BCUT2D eigenvalue weighted by Crippen LogP contribution is -2.58. The number of carbonyl (C=O) groups excluding carboxylic acids is 1. The Labute approximate surface area is 178 Å². The first-order valence-corrected chi connectivity index (χ1v) is 10.4. The van der Waals surface area contributed by atoms with E-state index in [-0.39, 0.29) is 30.4 Å². The van der Waals surface area contributed by atoms with Gasteiger partial charge in [0.05, 0.1) is 5.02 Å². The van der Waals surface area contributed by atoms with Crippen LogP contribution in [0.25, 0.3) is 0 Å². The number of nitrogens with zero attached hydrogens (tertiary/aromatic N) is 2. The lowest BCUT2D eigenvalue weighted by atomic mass is 10.1. The molecular weight excluding hydrogens is 447 g/mol. The zero-order valence-electron chi connectivity index (χ0n) is 15.9. The zero-order valence-corrected chi connectivity index (χ0v) is 18.2. The fourth-order valence-corrected chi connectivity index (χ4v) is 3.80. The molecule has 3 rings (SSSR count). The van der Waals surface area contributed by atoms with E-state index in [0.29, 0.717) is 17.3 Å². The summed E-state index contributed by atoms with van der Waals surface area (Å²) in [6.45, 7) is 6.25. The quantitative estimate of drug-likeness (QED) is 0.634. The van der Waals surface area contributed by atoms with Gasteiger partial charge in [0.2, 0.25) is 0 Å². The number of hydrogen-bond acceptors (Lipinski definition) is 3. The number of halogens is 3. The van der Waals surface area contributed by atoms with Gasteiger partial charge < -0.3 is 9.64 Å². The van der Waals surface area contributed by atoms with E-state index in [1.165, 1.54) is 12.1 Å². The van der Waals surface area contributed by atoms with Gasteiger partial charge in [-0.25, -0.2) is 4.39 Å². The maximum Gasteiger partial charge on any atom is 0.260 e. The summed E-state index contributed by atoms with van der Waals surface area (Å²) >= 11 is 9.40. The summed E-state index contributed by atoms with van der Waals surface area (Å²) in [6, 6.07) is 12.1. The van der Waals surface area contributed by atoms with Crippen LogP contribution < -0.4 is 4.74 Å². The predicted molar refractivity (Wildman–Crippen MR) is 112 cm³/mol. The highest BCUT2D eigenvalue weighted by molar-refractivity contribution is 9.10. The standard InChI is InChI=1S/C21H23BrClFN2O2/c1-14-11-26(21(27)13-28-18-7-8-19(22)20(23)9-18)15(2)10-25(14)12-16-3-5-17(24)6-4-16/h3-9,14-15H,10-13H2,1-2H3/t14-,15+/m0/s1. The Morgan fingerprint density at radius 3 is 2.57 bits per heavy atom. The molecule has 0 bridgehead atoms. The third-order valence-electron chi connectivity index (χ3n) is 4.99. The minimum Gasteiger partial charge on any atom is -0.484 e. The summed E-state index contributed by atoms with van der Waals surface area (Å²) in [5.41, 5.74) is 1.07. The van der Waals surface area contributed by atoms with Gasteiger partial charge in [-0.05, 0) is 65.7 Å². The highest BCUT2D eigenvalue weighted by Gasteiger charge is 2.32. The molecule has 1 aliphatic rings. The first-order valence-electron chi connectivity index (χ1n) is 9.19. The summed E-state index contributed by atoms with van der Waals surface area (Å²) in [5.74, 6) is 0.296. The first-order chi connectivity index (χ1) is 13.3. The van der Waals surface area contributed by atoms with E-state index < -0.39 is 0 Å². The zero-order chi connectivity index (χ0) is 20.3. The molecule has 28 heavy (non-hydrogen) atoms. The Balaban J connectivity index is 1.56. The smallest absolute Gasteiger partial charge is 0.260 e. The fourth-order valence-electron chi connectivity index (χ4n) is 3.38. The molecule has 0 unspecified atom stereocenters. The fraction of sp³-hybridized carbons (Fsp3) is 0.381. The Kier molecular flexibility index (Phi) is 6.96. The number of piperazine rings is 1. The second-order valence-corrected chi connectivity index (χ2v) is 8.43. The predicted octanol–water partition coefficient (Wildman–Crippen LogP) is 4.74. The second kappa shape index (κ2) is 9.25. The number of hydrogen-bond donors (Lipinski definition) is 0. The van der Waals surface area contributed by atoms with Crippen molar-refractivity contribution in [2.24, 2.45) is 0 Å². The summed E-state index contributed by atoms with van der Waals surface area (Å²) in [5, 5.41) is 0.543. The summed E-state index contributed by atoms with van der Waals surface area (Å²) in [4.78, 5) is 16.9. The number of benzene rings is 2. The average Bonchev–Trinajstić information content (AvgIpc) is 2.67. The third-order valence-corrected chi connectivity index (χ3v) is 6.22. The molecule has 1 aliphatic heterocycles. The largest absolute Gasteiger partial charge is 0.484 e. The lowest BCUT2D eigenvalue weighted by Gasteiger charge is -2.44. The topological polar surface area (TPSA) is 32.8 Å². The number of amides is 1. The molecule has 4 nitrogen and oxygen atoms in total. The first kappa shape index (κ1) is 21.1. The van der Waals surface area contributed by atoms with E-state index in [9.17, 15) is 9.18 Å². The molecule has 1 heterocycles. The molecule has 0 radical (unpaired) electrons. The van der Waals surface area contributed by atoms with Crippen molar-refractivity contribution >= 4 is 33.4 Å². The average molecular weight is 470 g/mol. The van der Waals surface area contributed by atoms with E-state index in [0.717, 1.165) is 23.1 Å². The molecule has 0 aliphatic carbocycles. The molecule has 1 amide bonds. The van der Waals surface area contributed by atoms with Crippen LogP contribution in [0.15, 0.2) is 46.9 Å². The highest BCUT2D eigenvalue weighted by Crippen LogP contribution is 2.27. The molecular formula is C21H23BrClFN2O2. The number of rotatable bonds is 5. The van der Waals surface area contributed by atoms with Gasteiger partial charge >= 0.3 is 0 Å². The van der Waals surface area contributed by atoms with Crippen molar-refractivity contribution in [3.05, 3.63) is 63.3 Å². The minimum atomic E-state index is -0.229. The molecule has 2 aromatic rings. The Morgan fingerprint density at radius 1 is 1.18 bits per heavy atom. The van der Waals surface area contributed by atoms with Crippen LogP contribution in [0.5, 0.6) is 5.75 Å². The number of carbonyl (C=O) groups is 1. The normalized spacial score (nSPS) is 20.2. The molecule has 150 valence electrons. The van der Waals surface area contributed by atoms with Gasteiger partial charge in [0, 0.05) is 36.2 Å². The molecule has 7 heteroatoms. The van der Waals surface area contributed by atoms with E-state index >= 15 is 0 Å². The van der Waals surface area contributed by atoms with Gasteiger partial charge in [0.25, 0.3) is 5.91 Å². The van der Waals surface area contributed by atoms with E-state index in [2.05, 4.69) is 27.8 Å². The van der Waals surface area contributed by atoms with E-state index in [1.54, 1.807) is 30.3 Å². The molecule has 0 spiro atoms. The van der Waals surface area contributed by atoms with Crippen LogP contribution in [0, 0.1) is 5.82 Å². The molecule has 0 N–H and O–H groups in total. The molecule has 1 saturated heterocycles. The van der Waals surface area contributed by atoms with Gasteiger partial charge in [-0.15, -0.1) is 0 Å². The van der Waals surface area contributed by atoms with Crippen LogP contribution in [0.4, 0.5) is 4.39 Å². The van der Waals surface area contributed by atoms with Crippen molar-refractivity contribution < 1.29 is 13.9 Å². The molecule has 1 fully saturated rings. The number of ether oxygens (including phenoxy) is 1. The lowest BCUT2D eigenvalue weighted by molar-refractivity contribution is -0.139. The van der Waals surface area contributed by atoms with Crippen molar-refractivity contribution in [2.45, 2.75) is 32.5 Å². The van der Waals surface area contributed by atoms with Crippen molar-refractivity contribution in [3.8, 4) is 5.75 Å². The monoisotopic (exact) mass is 468 g/mol. The van der Waals surface area contributed by atoms with Crippen LogP contribution in [0.3, 0.4) is 0 Å². The summed E-state index contributed by atoms with van der Waals surface area (Å²) in [6.07, 6.45) is 0. The Bertz CT molecular complexity index is 834. The van der Waals surface area contributed by atoms with Gasteiger partial charge in [-0.1, -0.05) is 23.7 Å². The van der Waals surface area contributed by atoms with Gasteiger partial charge in [-0.3, -0.25) is 9.69 Å². The summed E-state index contributed by atoms with van der Waals surface area (Å²) in [7, 11) is 0. The van der Waals surface area contributed by atoms with Crippen LogP contribution in [-0.4, -0.2) is 47.5 Å². The van der Waals surface area contributed by atoms with Crippen LogP contribution in [-0.2, 0) is 11.3 Å². The molecule has 0 saturated carbocycles. The maximum absolute atomic E-state index is 13.1. The highest BCUT2D eigenvalue weighted by atomic mass is 79.9. The second-order valence-electron chi connectivity index (χ2n) is 7.16. The van der Waals surface area contributed by atoms with Crippen molar-refractivity contribution in [1.29, 1.82) is 0 Å². The maximum atomic E-state index is 13.1. The Morgan fingerprint density at radius 2 is 1.89 bits per heavy atom. The van der Waals surface area contributed by atoms with Gasteiger partial charge in [-0.2, -0.15) is 0 Å². The summed E-state index contributed by atoms with van der Waals surface area (Å²) < 4.78 is 19.5.